The zero-order valence-electron chi connectivity index (χ0n) is 6.83. The van der Waals surface area contributed by atoms with Crippen molar-refractivity contribution in [2.75, 3.05) is 6.54 Å². The maximum atomic E-state index is 9.25. The van der Waals surface area contributed by atoms with Crippen LogP contribution in [0.15, 0.2) is 36.5 Å². The van der Waals surface area contributed by atoms with Crippen molar-refractivity contribution in [2.24, 2.45) is 5.73 Å². The van der Waals surface area contributed by atoms with Crippen LogP contribution in [-0.2, 0) is 0 Å². The van der Waals surface area contributed by atoms with Crippen LogP contribution in [0.5, 0.6) is 0 Å². The minimum absolute atomic E-state index is 0.232. The molecule has 0 rings (SSSR count). The fourth-order valence-electron chi connectivity index (χ4n) is 0.659. The number of aliphatic hydroxyl groups is 1. The zero-order valence-corrected chi connectivity index (χ0v) is 6.83. The Morgan fingerprint density at radius 2 is 2.36 bits per heavy atom. The van der Waals surface area contributed by atoms with Gasteiger partial charge in [0.15, 0.2) is 0 Å². The molecule has 0 saturated carbocycles. The second-order valence-electron chi connectivity index (χ2n) is 2.15. The highest BCUT2D eigenvalue weighted by molar-refractivity contribution is 5.25. The molecular formula is C9H15NO. The van der Waals surface area contributed by atoms with Crippen molar-refractivity contribution in [3.8, 4) is 0 Å². The maximum absolute atomic E-state index is 9.25. The second kappa shape index (κ2) is 5.89. The molecule has 1 unspecified atom stereocenters. The molecule has 0 aromatic rings. The quantitative estimate of drug-likeness (QED) is 0.592. The van der Waals surface area contributed by atoms with Crippen LogP contribution in [0.25, 0.3) is 0 Å². The van der Waals surface area contributed by atoms with E-state index in [0.717, 1.165) is 5.57 Å². The van der Waals surface area contributed by atoms with Crippen molar-refractivity contribution in [3.63, 3.8) is 0 Å². The molecule has 3 N–H and O–H groups in total. The van der Waals surface area contributed by atoms with E-state index in [1.54, 1.807) is 12.2 Å². The van der Waals surface area contributed by atoms with Gasteiger partial charge in [-0.3, -0.25) is 0 Å². The summed E-state index contributed by atoms with van der Waals surface area (Å²) in [6, 6.07) is 0. The monoisotopic (exact) mass is 153 g/mol. The summed E-state index contributed by atoms with van der Waals surface area (Å²) >= 11 is 0. The molecule has 0 aliphatic carbocycles. The summed E-state index contributed by atoms with van der Waals surface area (Å²) in [4.78, 5) is 0. The van der Waals surface area contributed by atoms with Gasteiger partial charge in [-0.25, -0.2) is 0 Å². The fourth-order valence-corrected chi connectivity index (χ4v) is 0.659. The standard InChI is InChI=1S/C9H15NO/c1-3-5-6-8(4-2)9(11)7-10/h3-6,9,11H,2,7,10H2,1H3/b5-3-,8-6+. The lowest BCUT2D eigenvalue weighted by Crippen LogP contribution is -2.20. The van der Waals surface area contributed by atoms with Crippen molar-refractivity contribution in [1.29, 1.82) is 0 Å². The molecule has 0 aliphatic rings. The zero-order chi connectivity index (χ0) is 8.69. The van der Waals surface area contributed by atoms with Gasteiger partial charge in [0.1, 0.15) is 0 Å². The highest BCUT2D eigenvalue weighted by Crippen LogP contribution is 2.02. The van der Waals surface area contributed by atoms with Gasteiger partial charge in [-0.1, -0.05) is 30.9 Å². The Labute approximate surface area is 67.7 Å². The summed E-state index contributed by atoms with van der Waals surface area (Å²) in [6.45, 7) is 5.71. The van der Waals surface area contributed by atoms with Crippen LogP contribution < -0.4 is 5.73 Å². The van der Waals surface area contributed by atoms with E-state index in [0.29, 0.717) is 0 Å². The Bertz CT molecular complexity index is 170. The van der Waals surface area contributed by atoms with E-state index in [2.05, 4.69) is 6.58 Å². The van der Waals surface area contributed by atoms with E-state index in [1.807, 2.05) is 19.1 Å². The molecule has 0 amide bonds. The third-order valence-electron chi connectivity index (χ3n) is 1.32. The van der Waals surface area contributed by atoms with E-state index in [4.69, 9.17) is 5.73 Å². The smallest absolute Gasteiger partial charge is 0.0912 e. The van der Waals surface area contributed by atoms with Crippen molar-refractivity contribution in [1.82, 2.24) is 0 Å². The summed E-state index contributed by atoms with van der Waals surface area (Å²) in [6.07, 6.45) is 6.54. The number of hydrogen-bond donors (Lipinski definition) is 2. The lowest BCUT2D eigenvalue weighted by molar-refractivity contribution is 0.223. The normalized spacial score (nSPS) is 15.4. The molecule has 0 radical (unpaired) electrons. The lowest BCUT2D eigenvalue weighted by atomic mass is 10.1. The Balaban J connectivity index is 4.25. The third-order valence-corrected chi connectivity index (χ3v) is 1.32. The maximum Gasteiger partial charge on any atom is 0.0912 e. The largest absolute Gasteiger partial charge is 0.387 e. The first-order valence-electron chi connectivity index (χ1n) is 3.59. The van der Waals surface area contributed by atoms with E-state index in [-0.39, 0.29) is 6.54 Å². The molecule has 2 heteroatoms. The summed E-state index contributed by atoms with van der Waals surface area (Å²) in [5, 5.41) is 9.25. The number of nitrogens with two attached hydrogens (primary N) is 1. The highest BCUT2D eigenvalue weighted by atomic mass is 16.3. The van der Waals surface area contributed by atoms with Crippen molar-refractivity contribution >= 4 is 0 Å². The molecule has 0 aromatic carbocycles. The van der Waals surface area contributed by atoms with Crippen molar-refractivity contribution in [3.05, 3.63) is 36.5 Å². The van der Waals surface area contributed by atoms with Gasteiger partial charge in [-0.15, -0.1) is 0 Å². The summed E-state index contributed by atoms with van der Waals surface area (Å²) in [5.41, 5.74) is 6.01. The lowest BCUT2D eigenvalue weighted by Gasteiger charge is -2.06. The van der Waals surface area contributed by atoms with Gasteiger partial charge in [-0.2, -0.15) is 0 Å². The first kappa shape index (κ1) is 10.1. The van der Waals surface area contributed by atoms with Gasteiger partial charge in [0.25, 0.3) is 0 Å². The molecule has 0 aromatic heterocycles. The number of hydrogen-bond acceptors (Lipinski definition) is 2. The average Bonchev–Trinajstić information content (AvgIpc) is 2.05. The minimum atomic E-state index is -0.594. The van der Waals surface area contributed by atoms with Crippen LogP contribution in [0.4, 0.5) is 0 Å². The summed E-state index contributed by atoms with van der Waals surface area (Å²) < 4.78 is 0. The Morgan fingerprint density at radius 3 is 2.73 bits per heavy atom. The molecule has 0 aliphatic heterocycles. The second-order valence-corrected chi connectivity index (χ2v) is 2.15. The van der Waals surface area contributed by atoms with Crippen LogP contribution in [0.1, 0.15) is 6.92 Å². The molecular weight excluding hydrogens is 138 g/mol. The van der Waals surface area contributed by atoms with Gasteiger partial charge in [-0.05, 0) is 12.5 Å². The summed E-state index contributed by atoms with van der Waals surface area (Å²) in [5.74, 6) is 0. The first-order valence-corrected chi connectivity index (χ1v) is 3.59. The molecule has 0 saturated heterocycles. The Morgan fingerprint density at radius 1 is 1.73 bits per heavy atom. The molecule has 0 bridgehead atoms. The van der Waals surface area contributed by atoms with Crippen molar-refractivity contribution in [2.45, 2.75) is 13.0 Å². The summed E-state index contributed by atoms with van der Waals surface area (Å²) in [7, 11) is 0. The predicted octanol–water partition coefficient (Wildman–Crippen LogP) is 0.994. The average molecular weight is 153 g/mol. The fraction of sp³-hybridized carbons (Fsp3) is 0.333. The number of rotatable bonds is 4. The SMILES string of the molecule is C=C/C(=C\C=C/C)C(O)CN. The molecule has 62 valence electrons. The minimum Gasteiger partial charge on any atom is -0.387 e. The first-order chi connectivity index (χ1) is 5.26. The number of allylic oxidation sites excluding steroid dienone is 3. The van der Waals surface area contributed by atoms with Crippen LogP contribution >= 0.6 is 0 Å². The van der Waals surface area contributed by atoms with E-state index in [1.165, 1.54) is 0 Å². The van der Waals surface area contributed by atoms with Gasteiger partial charge in [0, 0.05) is 6.54 Å². The Kier molecular flexibility index (Phi) is 5.43. The van der Waals surface area contributed by atoms with E-state index >= 15 is 0 Å². The molecule has 0 heterocycles. The van der Waals surface area contributed by atoms with Gasteiger partial charge < -0.3 is 10.8 Å². The topological polar surface area (TPSA) is 46.2 Å². The van der Waals surface area contributed by atoms with Gasteiger partial charge in [0.05, 0.1) is 6.10 Å². The molecule has 1 atom stereocenters. The van der Waals surface area contributed by atoms with E-state index in [9.17, 15) is 5.11 Å². The third kappa shape index (κ3) is 3.75. The van der Waals surface area contributed by atoms with Crippen LogP contribution in [0.2, 0.25) is 0 Å². The molecule has 0 fully saturated rings. The Hall–Kier alpha value is -0.860. The van der Waals surface area contributed by atoms with Crippen LogP contribution in [-0.4, -0.2) is 17.8 Å². The van der Waals surface area contributed by atoms with Crippen LogP contribution in [0.3, 0.4) is 0 Å². The molecule has 2 nitrogen and oxygen atoms in total. The van der Waals surface area contributed by atoms with Gasteiger partial charge in [0.2, 0.25) is 0 Å². The highest BCUT2D eigenvalue weighted by Gasteiger charge is 2.02. The number of aliphatic hydroxyl groups excluding tert-OH is 1. The predicted molar refractivity (Wildman–Crippen MR) is 48.2 cm³/mol. The van der Waals surface area contributed by atoms with Crippen LogP contribution in [0, 0.1) is 0 Å². The van der Waals surface area contributed by atoms with Gasteiger partial charge >= 0.3 is 0 Å². The van der Waals surface area contributed by atoms with E-state index < -0.39 is 6.10 Å². The molecule has 11 heavy (non-hydrogen) atoms. The van der Waals surface area contributed by atoms with Crippen molar-refractivity contribution < 1.29 is 5.11 Å². The molecule has 0 spiro atoms.